The van der Waals surface area contributed by atoms with Crippen LogP contribution in [0.5, 0.6) is 0 Å². The van der Waals surface area contributed by atoms with Crippen LogP contribution in [0, 0.1) is 5.41 Å². The van der Waals surface area contributed by atoms with Crippen LogP contribution in [0.15, 0.2) is 47.7 Å². The summed E-state index contributed by atoms with van der Waals surface area (Å²) in [7, 11) is 1.87. The van der Waals surface area contributed by atoms with Crippen LogP contribution in [0.1, 0.15) is 24.0 Å². The first-order valence-corrected chi connectivity index (χ1v) is 9.36. The lowest BCUT2D eigenvalue weighted by Gasteiger charge is -2.25. The summed E-state index contributed by atoms with van der Waals surface area (Å²) in [6.07, 6.45) is 6.19. The van der Waals surface area contributed by atoms with Crippen molar-refractivity contribution in [3.8, 4) is 0 Å². The van der Waals surface area contributed by atoms with E-state index >= 15 is 0 Å². The summed E-state index contributed by atoms with van der Waals surface area (Å²) in [4.78, 5) is 6.90. The predicted octanol–water partition coefficient (Wildman–Crippen LogP) is 2.74. The second-order valence-electron chi connectivity index (χ2n) is 7.35. The van der Waals surface area contributed by atoms with Crippen LogP contribution < -0.4 is 5.32 Å². The Hall–Kier alpha value is -1.61. The van der Waals surface area contributed by atoms with E-state index in [1.807, 2.05) is 30.2 Å². The fourth-order valence-corrected chi connectivity index (χ4v) is 4.05. The minimum absolute atomic E-state index is 0. The SMILES string of the molecule is CN=C(NCc1ccccc1Cn1cccn1)N1CCC2(CCOC2)C1.I. The highest BCUT2D eigenvalue weighted by atomic mass is 127. The van der Waals surface area contributed by atoms with Crippen molar-refractivity contribution in [2.45, 2.75) is 25.9 Å². The number of ether oxygens (including phenoxy) is 1. The quantitative estimate of drug-likeness (QED) is 0.415. The van der Waals surface area contributed by atoms with E-state index in [4.69, 9.17) is 4.74 Å². The normalized spacial score (nSPS) is 22.3. The monoisotopic (exact) mass is 481 g/mol. The van der Waals surface area contributed by atoms with E-state index in [-0.39, 0.29) is 24.0 Å². The second-order valence-corrected chi connectivity index (χ2v) is 7.35. The molecule has 1 aromatic heterocycles. The van der Waals surface area contributed by atoms with Gasteiger partial charge in [0, 0.05) is 51.1 Å². The van der Waals surface area contributed by atoms with Crippen molar-refractivity contribution in [1.29, 1.82) is 0 Å². The highest BCUT2D eigenvalue weighted by molar-refractivity contribution is 14.0. The van der Waals surface area contributed by atoms with Crippen LogP contribution >= 0.6 is 24.0 Å². The van der Waals surface area contributed by atoms with Gasteiger partial charge >= 0.3 is 0 Å². The highest BCUT2D eigenvalue weighted by Gasteiger charge is 2.42. The summed E-state index contributed by atoms with van der Waals surface area (Å²) < 4.78 is 7.60. The van der Waals surface area contributed by atoms with Crippen molar-refractivity contribution < 1.29 is 4.74 Å². The summed E-state index contributed by atoms with van der Waals surface area (Å²) in [6, 6.07) is 10.5. The zero-order valence-corrected chi connectivity index (χ0v) is 18.1. The molecule has 27 heavy (non-hydrogen) atoms. The summed E-state index contributed by atoms with van der Waals surface area (Å²) in [5.74, 6) is 0.989. The zero-order valence-electron chi connectivity index (χ0n) is 15.8. The van der Waals surface area contributed by atoms with Crippen molar-refractivity contribution in [2.75, 3.05) is 33.4 Å². The molecule has 1 N–H and O–H groups in total. The molecule has 7 heteroatoms. The number of guanidine groups is 1. The number of hydrogen-bond donors (Lipinski definition) is 1. The lowest BCUT2D eigenvalue weighted by Crippen LogP contribution is -2.41. The number of benzene rings is 1. The van der Waals surface area contributed by atoms with Gasteiger partial charge in [0.2, 0.25) is 0 Å². The molecule has 1 spiro atoms. The molecule has 0 aliphatic carbocycles. The minimum atomic E-state index is 0. The Labute approximate surface area is 178 Å². The largest absolute Gasteiger partial charge is 0.381 e. The first-order valence-electron chi connectivity index (χ1n) is 9.36. The first-order chi connectivity index (χ1) is 12.8. The van der Waals surface area contributed by atoms with Gasteiger partial charge in [-0.05, 0) is 30.0 Å². The maximum absolute atomic E-state index is 5.64. The van der Waals surface area contributed by atoms with E-state index < -0.39 is 0 Å². The number of aliphatic imine (C=N–C) groups is 1. The first kappa shape index (κ1) is 20.1. The lowest BCUT2D eigenvalue weighted by atomic mass is 9.87. The zero-order chi connectivity index (χ0) is 17.8. The average Bonchev–Trinajstić information content (AvgIpc) is 3.41. The molecule has 2 fully saturated rings. The lowest BCUT2D eigenvalue weighted by molar-refractivity contribution is 0.156. The van der Waals surface area contributed by atoms with E-state index in [1.165, 1.54) is 24.0 Å². The summed E-state index contributed by atoms with van der Waals surface area (Å²) in [5, 5.41) is 7.88. The molecule has 2 saturated heterocycles. The molecule has 2 aliphatic rings. The molecule has 0 bridgehead atoms. The molecule has 1 atom stereocenters. The number of nitrogens with zero attached hydrogens (tertiary/aromatic N) is 4. The average molecular weight is 481 g/mol. The molecule has 6 nitrogen and oxygen atoms in total. The van der Waals surface area contributed by atoms with E-state index in [2.05, 4.69) is 44.6 Å². The van der Waals surface area contributed by atoms with Gasteiger partial charge in [-0.3, -0.25) is 9.67 Å². The number of rotatable bonds is 4. The van der Waals surface area contributed by atoms with Crippen molar-refractivity contribution in [3.05, 3.63) is 53.9 Å². The summed E-state index contributed by atoms with van der Waals surface area (Å²) >= 11 is 0. The molecule has 0 radical (unpaired) electrons. The third-order valence-electron chi connectivity index (χ3n) is 5.58. The van der Waals surface area contributed by atoms with Crippen molar-refractivity contribution >= 4 is 29.9 Å². The van der Waals surface area contributed by atoms with Gasteiger partial charge in [0.25, 0.3) is 0 Å². The van der Waals surface area contributed by atoms with Crippen LogP contribution in [0.3, 0.4) is 0 Å². The Balaban J connectivity index is 0.00000210. The Kier molecular flexibility index (Phi) is 6.75. The van der Waals surface area contributed by atoms with Crippen LogP contribution in [0.25, 0.3) is 0 Å². The van der Waals surface area contributed by atoms with Crippen LogP contribution in [-0.4, -0.2) is 54.0 Å². The van der Waals surface area contributed by atoms with Gasteiger partial charge in [0.15, 0.2) is 5.96 Å². The Morgan fingerprint density at radius 2 is 2.11 bits per heavy atom. The fraction of sp³-hybridized carbons (Fsp3) is 0.500. The molecule has 2 aliphatic heterocycles. The second kappa shape index (κ2) is 9.05. The van der Waals surface area contributed by atoms with Gasteiger partial charge in [-0.1, -0.05) is 24.3 Å². The number of hydrogen-bond acceptors (Lipinski definition) is 3. The highest BCUT2D eigenvalue weighted by Crippen LogP contribution is 2.38. The number of likely N-dealkylation sites (tertiary alicyclic amines) is 1. The topological polar surface area (TPSA) is 54.7 Å². The molecule has 3 heterocycles. The van der Waals surface area contributed by atoms with E-state index in [0.29, 0.717) is 5.41 Å². The van der Waals surface area contributed by atoms with Crippen LogP contribution in [0.4, 0.5) is 0 Å². The van der Waals surface area contributed by atoms with Gasteiger partial charge in [-0.15, -0.1) is 24.0 Å². The Bertz CT molecular complexity index is 755. The van der Waals surface area contributed by atoms with Gasteiger partial charge in [0.1, 0.15) is 0 Å². The molecule has 2 aromatic rings. The smallest absolute Gasteiger partial charge is 0.193 e. The Morgan fingerprint density at radius 1 is 1.26 bits per heavy atom. The third-order valence-corrected chi connectivity index (χ3v) is 5.58. The minimum Gasteiger partial charge on any atom is -0.381 e. The van der Waals surface area contributed by atoms with E-state index in [0.717, 1.165) is 45.4 Å². The van der Waals surface area contributed by atoms with Gasteiger partial charge in [-0.2, -0.15) is 5.10 Å². The summed E-state index contributed by atoms with van der Waals surface area (Å²) in [6.45, 7) is 5.45. The molecular formula is C20H28IN5O. The summed E-state index contributed by atoms with van der Waals surface area (Å²) in [5.41, 5.74) is 2.90. The van der Waals surface area contributed by atoms with Crippen molar-refractivity contribution in [1.82, 2.24) is 20.0 Å². The molecule has 1 unspecified atom stereocenters. The van der Waals surface area contributed by atoms with Gasteiger partial charge in [-0.25, -0.2) is 0 Å². The fourth-order valence-electron chi connectivity index (χ4n) is 4.05. The molecule has 0 saturated carbocycles. The maximum atomic E-state index is 5.64. The van der Waals surface area contributed by atoms with E-state index in [9.17, 15) is 0 Å². The third kappa shape index (κ3) is 4.63. The van der Waals surface area contributed by atoms with Crippen LogP contribution in [0.2, 0.25) is 0 Å². The number of aromatic nitrogens is 2. The number of nitrogens with one attached hydrogen (secondary N) is 1. The van der Waals surface area contributed by atoms with Gasteiger partial charge in [0.05, 0.1) is 13.2 Å². The predicted molar refractivity (Wildman–Crippen MR) is 117 cm³/mol. The molecular weight excluding hydrogens is 453 g/mol. The van der Waals surface area contributed by atoms with Crippen molar-refractivity contribution in [3.63, 3.8) is 0 Å². The Morgan fingerprint density at radius 3 is 2.81 bits per heavy atom. The van der Waals surface area contributed by atoms with Crippen molar-refractivity contribution in [2.24, 2.45) is 10.4 Å². The standard InChI is InChI=1S/C20H27N5O.HI/c1-21-19(24-11-7-20(15-24)8-12-26-16-20)22-13-17-5-2-3-6-18(17)14-25-10-4-9-23-25;/h2-6,9-10H,7-8,11-16H2,1H3,(H,21,22);1H. The number of halogens is 1. The van der Waals surface area contributed by atoms with Crippen LogP contribution in [-0.2, 0) is 17.8 Å². The molecule has 0 amide bonds. The molecule has 146 valence electrons. The maximum Gasteiger partial charge on any atom is 0.193 e. The molecule has 4 rings (SSSR count). The molecule has 1 aromatic carbocycles. The van der Waals surface area contributed by atoms with E-state index in [1.54, 1.807) is 0 Å². The van der Waals surface area contributed by atoms with Gasteiger partial charge < -0.3 is 15.0 Å².